The maximum atomic E-state index is 13.3. The van der Waals surface area contributed by atoms with Crippen molar-refractivity contribution in [3.8, 4) is 0 Å². The molecule has 1 aliphatic heterocycles. The SMILES string of the molecule is CN(C)CCN1CCC(Nc2ccc(S(=O)(=O)Nc3ccc(F)c(F)c3)cn2)CC1. The number of nitrogens with zero attached hydrogens (tertiary/aromatic N) is 3. The van der Waals surface area contributed by atoms with E-state index in [1.54, 1.807) is 6.07 Å². The van der Waals surface area contributed by atoms with Gasteiger partial charge >= 0.3 is 0 Å². The fraction of sp³-hybridized carbons (Fsp3) is 0.450. The molecule has 0 aliphatic carbocycles. The molecule has 2 N–H and O–H groups in total. The van der Waals surface area contributed by atoms with E-state index in [0.29, 0.717) is 5.82 Å². The van der Waals surface area contributed by atoms with Gasteiger partial charge in [0.15, 0.2) is 11.6 Å². The molecule has 2 heterocycles. The smallest absolute Gasteiger partial charge is 0.263 e. The zero-order valence-electron chi connectivity index (χ0n) is 17.1. The van der Waals surface area contributed by atoms with Gasteiger partial charge in [0.2, 0.25) is 0 Å². The van der Waals surface area contributed by atoms with Crippen LogP contribution in [-0.2, 0) is 10.0 Å². The topological polar surface area (TPSA) is 77.6 Å². The Balaban J connectivity index is 1.55. The van der Waals surface area contributed by atoms with Crippen LogP contribution in [0.2, 0.25) is 0 Å². The summed E-state index contributed by atoms with van der Waals surface area (Å²) in [5.74, 6) is -1.56. The molecule has 0 amide bonds. The van der Waals surface area contributed by atoms with Crippen LogP contribution < -0.4 is 10.0 Å². The second-order valence-corrected chi connectivity index (χ2v) is 9.36. The van der Waals surface area contributed by atoms with Crippen molar-refractivity contribution in [2.24, 2.45) is 0 Å². The molecular weight excluding hydrogens is 412 g/mol. The van der Waals surface area contributed by atoms with Crippen molar-refractivity contribution in [2.45, 2.75) is 23.8 Å². The van der Waals surface area contributed by atoms with Crippen LogP contribution in [0.3, 0.4) is 0 Å². The lowest BCUT2D eigenvalue weighted by Crippen LogP contribution is -2.41. The molecule has 30 heavy (non-hydrogen) atoms. The number of hydrogen-bond donors (Lipinski definition) is 2. The first kappa shape index (κ1) is 22.4. The van der Waals surface area contributed by atoms with Gasteiger partial charge in [0.25, 0.3) is 10.0 Å². The largest absolute Gasteiger partial charge is 0.367 e. The normalized spacial score (nSPS) is 16.0. The van der Waals surface area contributed by atoms with Crippen molar-refractivity contribution in [3.63, 3.8) is 0 Å². The fourth-order valence-corrected chi connectivity index (χ4v) is 4.24. The van der Waals surface area contributed by atoms with Crippen molar-refractivity contribution >= 4 is 21.5 Å². The molecule has 0 bridgehead atoms. The molecule has 0 atom stereocenters. The first-order valence-corrected chi connectivity index (χ1v) is 11.3. The molecule has 1 fully saturated rings. The molecule has 0 radical (unpaired) electrons. The van der Waals surface area contributed by atoms with Gasteiger partial charge in [-0.3, -0.25) is 4.72 Å². The van der Waals surface area contributed by atoms with Crippen LogP contribution in [-0.4, -0.2) is 69.5 Å². The average molecular weight is 440 g/mol. The zero-order chi connectivity index (χ0) is 21.7. The number of nitrogens with one attached hydrogen (secondary N) is 2. The summed E-state index contributed by atoms with van der Waals surface area (Å²) in [7, 11) is 0.180. The Hall–Kier alpha value is -2.30. The highest BCUT2D eigenvalue weighted by molar-refractivity contribution is 7.92. The van der Waals surface area contributed by atoms with Gasteiger partial charge in [-0.1, -0.05) is 0 Å². The predicted molar refractivity (Wildman–Crippen MR) is 113 cm³/mol. The second-order valence-electron chi connectivity index (χ2n) is 7.68. The summed E-state index contributed by atoms with van der Waals surface area (Å²) in [5, 5.41) is 3.35. The van der Waals surface area contributed by atoms with Gasteiger partial charge in [-0.05, 0) is 51.2 Å². The third-order valence-corrected chi connectivity index (χ3v) is 6.39. The minimum absolute atomic E-state index is 0.0582. The third kappa shape index (κ3) is 6.10. The van der Waals surface area contributed by atoms with Crippen LogP contribution in [0.5, 0.6) is 0 Å². The highest BCUT2D eigenvalue weighted by Crippen LogP contribution is 2.20. The van der Waals surface area contributed by atoms with Crippen molar-refractivity contribution in [3.05, 3.63) is 48.2 Å². The summed E-state index contributed by atoms with van der Waals surface area (Å²) in [4.78, 5) is 8.75. The van der Waals surface area contributed by atoms with Crippen molar-refractivity contribution < 1.29 is 17.2 Å². The van der Waals surface area contributed by atoms with Crippen LogP contribution in [0.4, 0.5) is 20.3 Å². The Kier molecular flexibility index (Phi) is 7.22. The molecule has 2 aromatic rings. The van der Waals surface area contributed by atoms with Gasteiger partial charge < -0.3 is 15.1 Å². The third-order valence-electron chi connectivity index (χ3n) is 5.02. The van der Waals surface area contributed by atoms with Crippen LogP contribution in [0.1, 0.15) is 12.8 Å². The molecule has 0 saturated carbocycles. The molecule has 1 aliphatic rings. The number of piperidine rings is 1. The number of likely N-dealkylation sites (N-methyl/N-ethyl adjacent to an activating group) is 1. The number of likely N-dealkylation sites (tertiary alicyclic amines) is 1. The molecule has 0 spiro atoms. The lowest BCUT2D eigenvalue weighted by atomic mass is 10.1. The van der Waals surface area contributed by atoms with E-state index in [1.807, 2.05) is 0 Å². The number of benzene rings is 1. The van der Waals surface area contributed by atoms with E-state index in [0.717, 1.165) is 57.2 Å². The minimum atomic E-state index is -3.95. The van der Waals surface area contributed by atoms with E-state index in [-0.39, 0.29) is 16.6 Å². The van der Waals surface area contributed by atoms with E-state index in [1.165, 1.54) is 12.3 Å². The Labute approximate surface area is 176 Å². The predicted octanol–water partition coefficient (Wildman–Crippen LogP) is 2.60. The van der Waals surface area contributed by atoms with Crippen molar-refractivity contribution in [1.82, 2.24) is 14.8 Å². The van der Waals surface area contributed by atoms with Gasteiger partial charge in [-0.15, -0.1) is 0 Å². The van der Waals surface area contributed by atoms with Gasteiger partial charge in [0, 0.05) is 44.5 Å². The van der Waals surface area contributed by atoms with Crippen LogP contribution >= 0.6 is 0 Å². The van der Waals surface area contributed by atoms with Gasteiger partial charge in [0.05, 0.1) is 5.69 Å². The van der Waals surface area contributed by atoms with Gasteiger partial charge in [-0.25, -0.2) is 22.2 Å². The lowest BCUT2D eigenvalue weighted by molar-refractivity contribution is 0.199. The average Bonchev–Trinajstić information content (AvgIpc) is 2.70. The molecule has 3 rings (SSSR count). The van der Waals surface area contributed by atoms with Crippen LogP contribution in [0.25, 0.3) is 0 Å². The maximum Gasteiger partial charge on any atom is 0.263 e. The number of anilines is 2. The first-order chi connectivity index (χ1) is 14.2. The summed E-state index contributed by atoms with van der Waals surface area (Å²) in [6.07, 6.45) is 3.23. The monoisotopic (exact) mass is 439 g/mol. The molecule has 1 aromatic heterocycles. The Morgan fingerprint density at radius 2 is 1.87 bits per heavy atom. The quantitative estimate of drug-likeness (QED) is 0.659. The molecule has 1 saturated heterocycles. The van der Waals surface area contributed by atoms with Gasteiger partial charge in [-0.2, -0.15) is 0 Å². The molecule has 7 nitrogen and oxygen atoms in total. The lowest BCUT2D eigenvalue weighted by Gasteiger charge is -2.33. The summed E-state index contributed by atoms with van der Waals surface area (Å²) in [5.41, 5.74) is -0.0582. The second kappa shape index (κ2) is 9.67. The highest BCUT2D eigenvalue weighted by atomic mass is 32.2. The molecule has 10 heteroatoms. The number of hydrogen-bond acceptors (Lipinski definition) is 6. The summed E-state index contributed by atoms with van der Waals surface area (Å²) < 4.78 is 53.4. The van der Waals surface area contributed by atoms with E-state index < -0.39 is 21.7 Å². The van der Waals surface area contributed by atoms with E-state index in [2.05, 4.69) is 38.9 Å². The fourth-order valence-electron chi connectivity index (χ4n) is 3.25. The summed E-state index contributed by atoms with van der Waals surface area (Å²) in [6.45, 7) is 4.11. The molecule has 0 unspecified atom stereocenters. The maximum absolute atomic E-state index is 13.3. The number of aromatic nitrogens is 1. The standard InChI is InChI=1S/C20H27F2N5O2S/c1-26(2)11-12-27-9-7-15(8-10-27)24-20-6-4-17(14-23-20)30(28,29)25-16-3-5-18(21)19(22)13-16/h3-6,13-15,25H,7-12H2,1-2H3,(H,23,24). The highest BCUT2D eigenvalue weighted by Gasteiger charge is 2.20. The summed E-state index contributed by atoms with van der Waals surface area (Å²) in [6, 6.07) is 6.15. The Morgan fingerprint density at radius 1 is 1.13 bits per heavy atom. The zero-order valence-corrected chi connectivity index (χ0v) is 17.9. The van der Waals surface area contributed by atoms with Crippen molar-refractivity contribution in [1.29, 1.82) is 0 Å². The number of sulfonamides is 1. The van der Waals surface area contributed by atoms with Crippen LogP contribution in [0.15, 0.2) is 41.4 Å². The summed E-state index contributed by atoms with van der Waals surface area (Å²) >= 11 is 0. The van der Waals surface area contributed by atoms with E-state index in [9.17, 15) is 17.2 Å². The Morgan fingerprint density at radius 3 is 2.47 bits per heavy atom. The van der Waals surface area contributed by atoms with E-state index in [4.69, 9.17) is 0 Å². The molecule has 1 aromatic carbocycles. The first-order valence-electron chi connectivity index (χ1n) is 9.80. The van der Waals surface area contributed by atoms with Crippen LogP contribution in [0, 0.1) is 11.6 Å². The van der Waals surface area contributed by atoms with Gasteiger partial charge in [0.1, 0.15) is 10.7 Å². The Bertz CT molecular complexity index is 946. The molecule has 164 valence electrons. The minimum Gasteiger partial charge on any atom is -0.367 e. The molecular formula is C20H27F2N5O2S. The number of pyridine rings is 1. The van der Waals surface area contributed by atoms with E-state index >= 15 is 0 Å². The van der Waals surface area contributed by atoms with Crippen molar-refractivity contribution in [2.75, 3.05) is 50.3 Å². The number of halogens is 2. The number of rotatable bonds is 8.